The summed E-state index contributed by atoms with van der Waals surface area (Å²) in [5, 5.41) is 8.77. The van der Waals surface area contributed by atoms with Crippen LogP contribution < -0.4 is 15.2 Å². The summed E-state index contributed by atoms with van der Waals surface area (Å²) in [7, 11) is 0. The molecule has 0 aliphatic heterocycles. The number of hydrogen-bond donors (Lipinski definition) is 2. The maximum atomic E-state index is 13.2. The Bertz CT molecular complexity index is 1000. The first-order chi connectivity index (χ1) is 14.0. The summed E-state index contributed by atoms with van der Waals surface area (Å²) in [6.07, 6.45) is 0. The molecule has 0 unspecified atom stereocenters. The maximum Gasteiger partial charge on any atom is 0.259 e. The van der Waals surface area contributed by atoms with Crippen molar-refractivity contribution in [3.8, 4) is 11.5 Å². The van der Waals surface area contributed by atoms with Crippen LogP contribution in [0.3, 0.4) is 0 Å². The van der Waals surface area contributed by atoms with Crippen molar-refractivity contribution in [1.82, 2.24) is 0 Å². The second-order valence-corrected chi connectivity index (χ2v) is 6.97. The van der Waals surface area contributed by atoms with E-state index in [4.69, 9.17) is 33.1 Å². The minimum absolute atomic E-state index is 0.0778. The van der Waals surface area contributed by atoms with Gasteiger partial charge in [-0.1, -0.05) is 43.1 Å². The maximum absolute atomic E-state index is 13.2. The zero-order chi connectivity index (χ0) is 21.4. The zero-order valence-corrected chi connectivity index (χ0v) is 18.0. The minimum Gasteiger partial charge on any atom is -0.455 e. The van der Waals surface area contributed by atoms with Crippen LogP contribution in [0.5, 0.6) is 11.5 Å². The Kier molecular flexibility index (Phi) is 8.79. The van der Waals surface area contributed by atoms with Crippen LogP contribution in [0.25, 0.3) is 0 Å². The number of benzene rings is 3. The molecule has 0 fully saturated rings. The highest BCUT2D eigenvalue weighted by Crippen LogP contribution is 2.33. The van der Waals surface area contributed by atoms with E-state index in [0.717, 1.165) is 22.9 Å². The van der Waals surface area contributed by atoms with E-state index in [0.29, 0.717) is 10.7 Å². The molecule has 0 heterocycles. The quantitative estimate of drug-likeness (QED) is 0.402. The van der Waals surface area contributed by atoms with Crippen molar-refractivity contribution in [2.24, 2.45) is 5.14 Å². The SMILES string of the molecule is CC.NSc1cccc(NC(=O)c2ccc(Cl)cc2Oc2ccc(F)cc2Cl)c1. The van der Waals surface area contributed by atoms with Crippen LogP contribution in [-0.2, 0) is 0 Å². The summed E-state index contributed by atoms with van der Waals surface area (Å²) in [6, 6.07) is 15.4. The molecule has 3 rings (SSSR count). The first-order valence-corrected chi connectivity index (χ1v) is 10.3. The lowest BCUT2D eigenvalue weighted by molar-refractivity contribution is 0.102. The molecule has 0 aliphatic rings. The average Bonchev–Trinajstić information content (AvgIpc) is 2.72. The summed E-state index contributed by atoms with van der Waals surface area (Å²) >= 11 is 13.1. The van der Waals surface area contributed by atoms with Crippen LogP contribution in [0.1, 0.15) is 24.2 Å². The number of amides is 1. The van der Waals surface area contributed by atoms with Crippen LogP contribution in [0, 0.1) is 5.82 Å². The third-order valence-electron chi connectivity index (χ3n) is 3.53. The third-order valence-corrected chi connectivity index (χ3v) is 4.59. The van der Waals surface area contributed by atoms with Crippen molar-refractivity contribution < 1.29 is 13.9 Å². The predicted molar refractivity (Wildman–Crippen MR) is 119 cm³/mol. The first kappa shape index (κ1) is 23.0. The van der Waals surface area contributed by atoms with E-state index in [2.05, 4.69) is 5.32 Å². The Morgan fingerprint density at radius 2 is 1.79 bits per heavy atom. The van der Waals surface area contributed by atoms with E-state index < -0.39 is 11.7 Å². The molecule has 3 N–H and O–H groups in total. The molecule has 0 saturated heterocycles. The lowest BCUT2D eigenvalue weighted by Crippen LogP contribution is -2.13. The molecule has 152 valence electrons. The summed E-state index contributed by atoms with van der Waals surface area (Å²) in [5.74, 6) is -0.498. The molecule has 0 atom stereocenters. The van der Waals surface area contributed by atoms with Crippen molar-refractivity contribution in [3.05, 3.63) is 82.1 Å². The summed E-state index contributed by atoms with van der Waals surface area (Å²) in [6.45, 7) is 4.00. The molecular weight excluding hydrogens is 434 g/mol. The fraction of sp³-hybridized carbons (Fsp3) is 0.0952. The van der Waals surface area contributed by atoms with Gasteiger partial charge in [-0.25, -0.2) is 4.39 Å². The Balaban J connectivity index is 0.00000145. The number of hydrogen-bond acceptors (Lipinski definition) is 4. The summed E-state index contributed by atoms with van der Waals surface area (Å²) in [4.78, 5) is 13.5. The highest BCUT2D eigenvalue weighted by Gasteiger charge is 2.16. The third kappa shape index (κ3) is 6.37. The van der Waals surface area contributed by atoms with Gasteiger partial charge in [0, 0.05) is 21.7 Å². The molecular formula is C21H19Cl2FN2O2S. The van der Waals surface area contributed by atoms with Gasteiger partial charge in [0.2, 0.25) is 0 Å². The van der Waals surface area contributed by atoms with Crippen LogP contribution in [0.15, 0.2) is 65.6 Å². The van der Waals surface area contributed by atoms with Gasteiger partial charge in [-0.2, -0.15) is 0 Å². The highest BCUT2D eigenvalue weighted by atomic mass is 35.5. The van der Waals surface area contributed by atoms with E-state index in [1.165, 1.54) is 24.3 Å². The molecule has 1 amide bonds. The molecule has 4 nitrogen and oxygen atoms in total. The molecule has 0 aliphatic carbocycles. The van der Waals surface area contributed by atoms with Crippen LogP contribution in [-0.4, -0.2) is 5.91 Å². The number of carbonyl (C=O) groups is 1. The molecule has 3 aromatic rings. The number of halogens is 3. The van der Waals surface area contributed by atoms with Gasteiger partial charge < -0.3 is 10.1 Å². The van der Waals surface area contributed by atoms with Crippen molar-refractivity contribution >= 4 is 46.7 Å². The number of nitrogens with two attached hydrogens (primary N) is 1. The molecule has 8 heteroatoms. The fourth-order valence-electron chi connectivity index (χ4n) is 2.29. The number of anilines is 1. The average molecular weight is 453 g/mol. The number of rotatable bonds is 5. The van der Waals surface area contributed by atoms with Gasteiger partial charge in [-0.3, -0.25) is 9.93 Å². The smallest absolute Gasteiger partial charge is 0.259 e. The van der Waals surface area contributed by atoms with Crippen molar-refractivity contribution in [3.63, 3.8) is 0 Å². The molecule has 0 radical (unpaired) electrons. The first-order valence-electron chi connectivity index (χ1n) is 8.67. The normalized spacial score (nSPS) is 10.0. The highest BCUT2D eigenvalue weighted by molar-refractivity contribution is 7.97. The fourth-order valence-corrected chi connectivity index (χ4v) is 3.01. The van der Waals surface area contributed by atoms with Crippen LogP contribution in [0.4, 0.5) is 10.1 Å². The molecule has 29 heavy (non-hydrogen) atoms. The number of carbonyl (C=O) groups excluding carboxylic acids is 1. The van der Waals surface area contributed by atoms with Gasteiger partial charge in [0.1, 0.15) is 17.3 Å². The van der Waals surface area contributed by atoms with Gasteiger partial charge >= 0.3 is 0 Å². The Hall–Kier alpha value is -2.25. The Morgan fingerprint density at radius 3 is 2.48 bits per heavy atom. The van der Waals surface area contributed by atoms with Crippen LogP contribution in [0.2, 0.25) is 10.0 Å². The molecule has 0 bridgehead atoms. The van der Waals surface area contributed by atoms with E-state index in [1.807, 2.05) is 19.9 Å². The van der Waals surface area contributed by atoms with E-state index in [1.54, 1.807) is 24.3 Å². The van der Waals surface area contributed by atoms with Gasteiger partial charge in [-0.05, 0) is 60.5 Å². The molecule has 0 saturated carbocycles. The number of nitrogens with one attached hydrogen (secondary N) is 1. The minimum atomic E-state index is -0.492. The molecule has 0 spiro atoms. The van der Waals surface area contributed by atoms with E-state index >= 15 is 0 Å². The monoisotopic (exact) mass is 452 g/mol. The second kappa shape index (κ2) is 11.1. The topological polar surface area (TPSA) is 64.3 Å². The summed E-state index contributed by atoms with van der Waals surface area (Å²) < 4.78 is 18.9. The summed E-state index contributed by atoms with van der Waals surface area (Å²) in [5.41, 5.74) is 0.821. The predicted octanol–water partition coefficient (Wildman–Crippen LogP) is 7.17. The molecule has 0 aromatic heterocycles. The van der Waals surface area contributed by atoms with Gasteiger partial charge in [-0.15, -0.1) is 0 Å². The van der Waals surface area contributed by atoms with Crippen molar-refractivity contribution in [1.29, 1.82) is 0 Å². The second-order valence-electron chi connectivity index (χ2n) is 5.42. The zero-order valence-electron chi connectivity index (χ0n) is 15.7. The lowest BCUT2D eigenvalue weighted by atomic mass is 10.1. The van der Waals surface area contributed by atoms with Crippen LogP contribution >= 0.6 is 35.1 Å². The standard InChI is InChI=1S/C19H13Cl2FN2O2S.C2H6/c20-11-4-6-15(19(25)24-13-2-1-3-14(10-13)27-23)18(8-11)26-17-7-5-12(22)9-16(17)21;1-2/h1-10H,23H2,(H,24,25);1-2H3. The Labute approximate surface area is 183 Å². The van der Waals surface area contributed by atoms with Crippen molar-refractivity contribution in [2.45, 2.75) is 18.7 Å². The van der Waals surface area contributed by atoms with Crippen molar-refractivity contribution in [2.75, 3.05) is 5.32 Å². The molecule has 3 aromatic carbocycles. The van der Waals surface area contributed by atoms with Gasteiger partial charge in [0.25, 0.3) is 5.91 Å². The Morgan fingerprint density at radius 1 is 1.03 bits per heavy atom. The largest absolute Gasteiger partial charge is 0.455 e. The lowest BCUT2D eigenvalue weighted by Gasteiger charge is -2.13. The number of ether oxygens (including phenoxy) is 1. The van der Waals surface area contributed by atoms with E-state index in [-0.39, 0.29) is 22.1 Å². The van der Waals surface area contributed by atoms with Gasteiger partial charge in [0.15, 0.2) is 0 Å². The van der Waals surface area contributed by atoms with Gasteiger partial charge in [0.05, 0.1) is 10.6 Å². The van der Waals surface area contributed by atoms with E-state index in [9.17, 15) is 9.18 Å².